The molecule has 5 heteroatoms. The lowest BCUT2D eigenvalue weighted by molar-refractivity contribution is -0.123. The van der Waals surface area contributed by atoms with E-state index in [-0.39, 0.29) is 11.8 Å². The van der Waals surface area contributed by atoms with Gasteiger partial charge in [0.1, 0.15) is 5.75 Å². The molecule has 0 fully saturated rings. The minimum atomic E-state index is -0.703. The maximum absolute atomic E-state index is 12.5. The van der Waals surface area contributed by atoms with Crippen molar-refractivity contribution in [3.8, 4) is 16.9 Å². The fraction of sp³-hybridized carbons (Fsp3) is 0.0345. The Bertz CT molecular complexity index is 1350. The molecule has 2 amide bonds. The van der Waals surface area contributed by atoms with Gasteiger partial charge in [-0.1, -0.05) is 84.9 Å². The number of amides is 2. The summed E-state index contributed by atoms with van der Waals surface area (Å²) in [7, 11) is 0. The van der Waals surface area contributed by atoms with E-state index < -0.39 is 6.10 Å². The van der Waals surface area contributed by atoms with Crippen LogP contribution in [0.3, 0.4) is 0 Å². The number of hydrogen-bond donors (Lipinski definition) is 2. The Kier molecular flexibility index (Phi) is 5.91. The highest BCUT2D eigenvalue weighted by Gasteiger charge is 2.29. The molecule has 166 valence electrons. The molecule has 0 saturated heterocycles. The SMILES string of the molecule is O=C(/C=C/c1ccc(-c2ccccc2)cc1)Nc1ccc2c(c1)NC(=O)C(c1ccccc1)O2. The van der Waals surface area contributed by atoms with Crippen molar-refractivity contribution >= 4 is 29.3 Å². The van der Waals surface area contributed by atoms with Crippen molar-refractivity contribution in [1.82, 2.24) is 0 Å². The molecule has 5 rings (SSSR count). The molecule has 0 aromatic heterocycles. The maximum atomic E-state index is 12.5. The third-order valence-corrected chi connectivity index (χ3v) is 5.54. The molecule has 1 atom stereocenters. The van der Waals surface area contributed by atoms with E-state index in [0.717, 1.165) is 22.3 Å². The molecule has 1 unspecified atom stereocenters. The van der Waals surface area contributed by atoms with Crippen molar-refractivity contribution in [2.24, 2.45) is 0 Å². The molecule has 1 aliphatic rings. The number of benzene rings is 4. The minimum absolute atomic E-state index is 0.249. The third-order valence-electron chi connectivity index (χ3n) is 5.54. The van der Waals surface area contributed by atoms with E-state index in [9.17, 15) is 9.59 Å². The molecule has 0 radical (unpaired) electrons. The van der Waals surface area contributed by atoms with Crippen LogP contribution in [0.4, 0.5) is 11.4 Å². The van der Waals surface area contributed by atoms with Crippen LogP contribution in [0.5, 0.6) is 5.75 Å². The van der Waals surface area contributed by atoms with Crippen LogP contribution >= 0.6 is 0 Å². The van der Waals surface area contributed by atoms with Gasteiger partial charge in [-0.2, -0.15) is 0 Å². The summed E-state index contributed by atoms with van der Waals surface area (Å²) in [6, 6.07) is 32.6. The van der Waals surface area contributed by atoms with Gasteiger partial charge in [-0.05, 0) is 41.0 Å². The fourth-order valence-corrected chi connectivity index (χ4v) is 3.81. The number of carbonyl (C=O) groups is 2. The Morgan fingerprint density at radius 1 is 0.824 bits per heavy atom. The van der Waals surface area contributed by atoms with Crippen LogP contribution in [0.15, 0.2) is 109 Å². The first-order valence-corrected chi connectivity index (χ1v) is 11.0. The van der Waals surface area contributed by atoms with Crippen LogP contribution in [0.25, 0.3) is 17.2 Å². The summed E-state index contributed by atoms with van der Waals surface area (Å²) in [6.07, 6.45) is 2.54. The zero-order valence-corrected chi connectivity index (χ0v) is 18.3. The number of fused-ring (bicyclic) bond motifs is 1. The highest BCUT2D eigenvalue weighted by atomic mass is 16.5. The maximum Gasteiger partial charge on any atom is 0.270 e. The Hall–Kier alpha value is -4.64. The van der Waals surface area contributed by atoms with Crippen molar-refractivity contribution in [2.75, 3.05) is 10.6 Å². The highest BCUT2D eigenvalue weighted by molar-refractivity contribution is 6.03. The Morgan fingerprint density at radius 2 is 1.50 bits per heavy atom. The highest BCUT2D eigenvalue weighted by Crippen LogP contribution is 2.36. The average Bonchev–Trinajstić information content (AvgIpc) is 2.88. The van der Waals surface area contributed by atoms with E-state index in [2.05, 4.69) is 22.8 Å². The van der Waals surface area contributed by atoms with E-state index in [0.29, 0.717) is 17.1 Å². The third kappa shape index (κ3) is 4.74. The van der Waals surface area contributed by atoms with E-state index in [1.807, 2.05) is 72.8 Å². The Balaban J connectivity index is 1.23. The normalized spacial score (nSPS) is 14.7. The number of nitrogens with one attached hydrogen (secondary N) is 2. The summed E-state index contributed by atoms with van der Waals surface area (Å²) in [5.74, 6) is 0.0406. The smallest absolute Gasteiger partial charge is 0.270 e. The first-order chi connectivity index (χ1) is 16.7. The molecule has 34 heavy (non-hydrogen) atoms. The lowest BCUT2D eigenvalue weighted by Crippen LogP contribution is -2.30. The molecule has 2 N–H and O–H groups in total. The van der Waals surface area contributed by atoms with Crippen molar-refractivity contribution in [3.63, 3.8) is 0 Å². The van der Waals surface area contributed by atoms with Crippen LogP contribution in [-0.2, 0) is 9.59 Å². The van der Waals surface area contributed by atoms with Crippen LogP contribution < -0.4 is 15.4 Å². The van der Waals surface area contributed by atoms with Crippen molar-refractivity contribution in [1.29, 1.82) is 0 Å². The van der Waals surface area contributed by atoms with Crippen molar-refractivity contribution in [3.05, 3.63) is 120 Å². The van der Waals surface area contributed by atoms with E-state index >= 15 is 0 Å². The van der Waals surface area contributed by atoms with Crippen molar-refractivity contribution < 1.29 is 14.3 Å². The molecule has 0 aliphatic carbocycles. The Morgan fingerprint density at radius 3 is 2.24 bits per heavy atom. The van der Waals surface area contributed by atoms with Gasteiger partial charge in [0.05, 0.1) is 5.69 Å². The summed E-state index contributed by atoms with van der Waals surface area (Å²) in [5.41, 5.74) is 5.06. The van der Waals surface area contributed by atoms with Crippen LogP contribution in [0.1, 0.15) is 17.2 Å². The van der Waals surface area contributed by atoms with Gasteiger partial charge < -0.3 is 15.4 Å². The van der Waals surface area contributed by atoms with Gasteiger partial charge in [-0.15, -0.1) is 0 Å². The van der Waals surface area contributed by atoms with Gasteiger partial charge in [-0.3, -0.25) is 9.59 Å². The summed E-state index contributed by atoms with van der Waals surface area (Å²) in [6.45, 7) is 0. The van der Waals surface area contributed by atoms with Gasteiger partial charge >= 0.3 is 0 Å². The molecule has 0 bridgehead atoms. The average molecular weight is 447 g/mol. The molecule has 1 heterocycles. The molecular weight excluding hydrogens is 424 g/mol. The zero-order chi connectivity index (χ0) is 23.3. The number of ether oxygens (including phenoxy) is 1. The number of rotatable bonds is 5. The first-order valence-electron chi connectivity index (χ1n) is 11.0. The zero-order valence-electron chi connectivity index (χ0n) is 18.3. The molecule has 4 aromatic carbocycles. The fourth-order valence-electron chi connectivity index (χ4n) is 3.81. The predicted octanol–water partition coefficient (Wildman–Crippen LogP) is 6.08. The molecular formula is C29H22N2O3. The van der Waals surface area contributed by atoms with E-state index in [4.69, 9.17) is 4.74 Å². The number of carbonyl (C=O) groups excluding carboxylic acids is 2. The lowest BCUT2D eigenvalue weighted by atomic mass is 10.0. The van der Waals surface area contributed by atoms with Crippen molar-refractivity contribution in [2.45, 2.75) is 6.10 Å². The lowest BCUT2D eigenvalue weighted by Gasteiger charge is -2.26. The number of hydrogen-bond acceptors (Lipinski definition) is 3. The molecule has 0 spiro atoms. The molecule has 5 nitrogen and oxygen atoms in total. The van der Waals surface area contributed by atoms with Crippen LogP contribution in [0, 0.1) is 0 Å². The largest absolute Gasteiger partial charge is 0.474 e. The second-order valence-electron chi connectivity index (χ2n) is 7.92. The summed E-state index contributed by atoms with van der Waals surface area (Å²) in [4.78, 5) is 25.0. The standard InChI is InChI=1S/C29H22N2O3/c32-27(18-13-20-11-14-22(15-12-20)21-7-3-1-4-8-21)30-24-16-17-26-25(19-24)31-29(33)28(34-26)23-9-5-2-6-10-23/h1-19,28H,(H,30,32)(H,31,33)/b18-13+. The van der Waals surface area contributed by atoms with E-state index in [1.165, 1.54) is 6.08 Å². The topological polar surface area (TPSA) is 67.4 Å². The summed E-state index contributed by atoms with van der Waals surface area (Å²) in [5, 5.41) is 5.69. The quantitative estimate of drug-likeness (QED) is 0.365. The van der Waals surface area contributed by atoms with Crippen LogP contribution in [0.2, 0.25) is 0 Å². The summed E-state index contributed by atoms with van der Waals surface area (Å²) < 4.78 is 5.90. The van der Waals surface area contributed by atoms with Gasteiger partial charge in [0, 0.05) is 17.3 Å². The second kappa shape index (κ2) is 9.46. The van der Waals surface area contributed by atoms with Gasteiger partial charge in [-0.25, -0.2) is 0 Å². The summed E-state index contributed by atoms with van der Waals surface area (Å²) >= 11 is 0. The van der Waals surface area contributed by atoms with Gasteiger partial charge in [0.25, 0.3) is 5.91 Å². The molecule has 0 saturated carbocycles. The van der Waals surface area contributed by atoms with Gasteiger partial charge in [0.2, 0.25) is 12.0 Å². The van der Waals surface area contributed by atoms with Crippen LogP contribution in [-0.4, -0.2) is 11.8 Å². The molecule has 1 aliphatic heterocycles. The minimum Gasteiger partial charge on any atom is -0.474 e. The van der Waals surface area contributed by atoms with E-state index in [1.54, 1.807) is 24.3 Å². The molecule has 4 aromatic rings. The first kappa shape index (κ1) is 21.2. The number of anilines is 2. The monoisotopic (exact) mass is 446 g/mol. The predicted molar refractivity (Wildman–Crippen MR) is 134 cm³/mol. The van der Waals surface area contributed by atoms with Gasteiger partial charge in [0.15, 0.2) is 0 Å². The Labute approximate surface area is 197 Å². The second-order valence-corrected chi connectivity index (χ2v) is 7.92.